The zero-order valence-corrected chi connectivity index (χ0v) is 15.7. The Hall–Kier alpha value is -1.62. The average molecular weight is 442 g/mol. The number of halogens is 8. The quantitative estimate of drug-likeness (QED) is 0.379. The van der Waals surface area contributed by atoms with Crippen LogP contribution in [0.15, 0.2) is 0 Å². The molecule has 0 N–H and O–H groups in total. The zero-order chi connectivity index (χ0) is 22.6. The molecule has 1 aliphatic carbocycles. The molecule has 1 rings (SSSR count). The minimum absolute atomic E-state index is 0.316. The first-order chi connectivity index (χ1) is 13.1. The largest absolute Gasteiger partial charge is 0.462 e. The van der Waals surface area contributed by atoms with Gasteiger partial charge < -0.3 is 9.47 Å². The second-order valence-electron chi connectivity index (χ2n) is 7.39. The molecule has 12 heteroatoms. The Balaban J connectivity index is 2.49. The zero-order valence-electron chi connectivity index (χ0n) is 15.7. The van der Waals surface area contributed by atoms with E-state index in [-0.39, 0.29) is 6.10 Å². The van der Waals surface area contributed by atoms with Crippen molar-refractivity contribution in [2.45, 2.75) is 76.2 Å². The van der Waals surface area contributed by atoms with E-state index >= 15 is 0 Å². The van der Waals surface area contributed by atoms with Crippen LogP contribution >= 0.6 is 0 Å². The number of carbonyl (C=O) groups is 2. The molecule has 0 aliphatic heterocycles. The van der Waals surface area contributed by atoms with Crippen LogP contribution < -0.4 is 0 Å². The van der Waals surface area contributed by atoms with Crippen LogP contribution in [0.4, 0.5) is 35.1 Å². The molecular weight excluding hydrogens is 420 g/mol. The molecular formula is C17H22F8O4. The maximum atomic E-state index is 13.3. The van der Waals surface area contributed by atoms with E-state index in [4.69, 9.17) is 4.74 Å². The molecule has 0 saturated heterocycles. The maximum Gasteiger partial charge on any atom is 0.381 e. The van der Waals surface area contributed by atoms with E-state index in [1.807, 2.05) is 13.8 Å². The molecule has 0 aromatic rings. The summed E-state index contributed by atoms with van der Waals surface area (Å²) in [5.41, 5.74) is 0. The Kier molecular flexibility index (Phi) is 8.29. The Morgan fingerprint density at radius 2 is 1.38 bits per heavy atom. The first-order valence-corrected chi connectivity index (χ1v) is 8.86. The normalized spacial score (nSPS) is 23.8. The summed E-state index contributed by atoms with van der Waals surface area (Å²) in [5.74, 6) is -20.3. The van der Waals surface area contributed by atoms with Gasteiger partial charge in [-0.05, 0) is 31.1 Å². The fraction of sp³-hybridized carbons (Fsp3) is 0.882. The van der Waals surface area contributed by atoms with Gasteiger partial charge in [0.2, 0.25) is 0 Å². The summed E-state index contributed by atoms with van der Waals surface area (Å²) in [6.07, 6.45) is -4.68. The van der Waals surface area contributed by atoms with E-state index in [1.165, 1.54) is 0 Å². The lowest BCUT2D eigenvalue weighted by Gasteiger charge is -2.31. The first kappa shape index (κ1) is 25.4. The summed E-state index contributed by atoms with van der Waals surface area (Å²) in [5, 5.41) is 0. The number of esters is 2. The fourth-order valence-electron chi connectivity index (χ4n) is 3.13. The molecule has 170 valence electrons. The van der Waals surface area contributed by atoms with Crippen molar-refractivity contribution in [1.29, 1.82) is 0 Å². The molecule has 29 heavy (non-hydrogen) atoms. The maximum absolute atomic E-state index is 13.3. The summed E-state index contributed by atoms with van der Waals surface area (Å²) in [4.78, 5) is 23.1. The molecule has 1 saturated carbocycles. The summed E-state index contributed by atoms with van der Waals surface area (Å²) in [7, 11) is 0. The van der Waals surface area contributed by atoms with Crippen molar-refractivity contribution in [3.05, 3.63) is 0 Å². The number of alkyl halides is 8. The molecule has 0 radical (unpaired) electrons. The molecule has 0 heterocycles. The van der Waals surface area contributed by atoms with Crippen LogP contribution in [0.3, 0.4) is 0 Å². The highest BCUT2D eigenvalue weighted by molar-refractivity contribution is 5.77. The smallest absolute Gasteiger partial charge is 0.381 e. The van der Waals surface area contributed by atoms with Crippen LogP contribution in [0.25, 0.3) is 0 Å². The predicted molar refractivity (Wildman–Crippen MR) is 83.1 cm³/mol. The van der Waals surface area contributed by atoms with Crippen LogP contribution in [0.5, 0.6) is 0 Å². The van der Waals surface area contributed by atoms with E-state index in [9.17, 15) is 44.7 Å². The molecule has 0 aromatic heterocycles. The predicted octanol–water partition coefficient (Wildman–Crippen LogP) is 4.85. The fourth-order valence-corrected chi connectivity index (χ4v) is 3.13. The lowest BCUT2D eigenvalue weighted by Crippen LogP contribution is -2.59. The van der Waals surface area contributed by atoms with Crippen LogP contribution in [-0.4, -0.2) is 48.8 Å². The van der Waals surface area contributed by atoms with Gasteiger partial charge in [0.15, 0.2) is 6.61 Å². The van der Waals surface area contributed by atoms with Crippen molar-refractivity contribution in [3.63, 3.8) is 0 Å². The van der Waals surface area contributed by atoms with Crippen molar-refractivity contribution in [3.8, 4) is 0 Å². The standard InChI is InChI=1S/C17H22F8O4/c1-9-5-10(2)7-11(6-9)29-13(27)4-3-12(26)28-8-15(20,21)17(24,25)16(22,23)14(18)19/h9-11,14H,3-8H2,1-2H3. The van der Waals surface area contributed by atoms with E-state index in [2.05, 4.69) is 4.74 Å². The summed E-state index contributed by atoms with van der Waals surface area (Å²) < 4.78 is 111. The number of ether oxygens (including phenoxy) is 2. The lowest BCUT2D eigenvalue weighted by atomic mass is 9.82. The van der Waals surface area contributed by atoms with Gasteiger partial charge >= 0.3 is 36.1 Å². The van der Waals surface area contributed by atoms with E-state index in [1.54, 1.807) is 0 Å². The van der Waals surface area contributed by atoms with Crippen molar-refractivity contribution in [2.75, 3.05) is 6.61 Å². The molecule has 0 aromatic carbocycles. The van der Waals surface area contributed by atoms with Crippen molar-refractivity contribution < 1.29 is 54.2 Å². The van der Waals surface area contributed by atoms with Gasteiger partial charge in [0.05, 0.1) is 12.8 Å². The molecule has 2 atom stereocenters. The molecule has 1 fully saturated rings. The Bertz CT molecular complexity index is 572. The molecule has 0 bridgehead atoms. The third-order valence-electron chi connectivity index (χ3n) is 4.53. The third kappa shape index (κ3) is 6.43. The van der Waals surface area contributed by atoms with Gasteiger partial charge in [0.25, 0.3) is 0 Å². The second-order valence-corrected chi connectivity index (χ2v) is 7.39. The average Bonchev–Trinajstić information content (AvgIpc) is 2.56. The first-order valence-electron chi connectivity index (χ1n) is 8.86. The van der Waals surface area contributed by atoms with Crippen molar-refractivity contribution in [1.82, 2.24) is 0 Å². The highest BCUT2D eigenvalue weighted by Crippen LogP contribution is 2.48. The number of hydrogen-bond acceptors (Lipinski definition) is 4. The van der Waals surface area contributed by atoms with Gasteiger partial charge in [-0.3, -0.25) is 9.59 Å². The van der Waals surface area contributed by atoms with Gasteiger partial charge in [-0.1, -0.05) is 13.8 Å². The summed E-state index contributed by atoms with van der Waals surface area (Å²) in [6.45, 7) is 1.40. The minimum atomic E-state index is -6.46. The highest BCUT2D eigenvalue weighted by atomic mass is 19.4. The Morgan fingerprint density at radius 3 is 1.86 bits per heavy atom. The van der Waals surface area contributed by atoms with Crippen molar-refractivity contribution in [2.24, 2.45) is 11.8 Å². The number of carbonyl (C=O) groups excluding carboxylic acids is 2. The molecule has 2 unspecified atom stereocenters. The summed E-state index contributed by atoms with van der Waals surface area (Å²) >= 11 is 0. The van der Waals surface area contributed by atoms with Crippen LogP contribution in [-0.2, 0) is 19.1 Å². The third-order valence-corrected chi connectivity index (χ3v) is 4.53. The van der Waals surface area contributed by atoms with Crippen LogP contribution in [0.2, 0.25) is 0 Å². The topological polar surface area (TPSA) is 52.6 Å². The minimum Gasteiger partial charge on any atom is -0.462 e. The second kappa shape index (κ2) is 9.46. The van der Waals surface area contributed by atoms with E-state index in [0.29, 0.717) is 24.7 Å². The summed E-state index contributed by atoms with van der Waals surface area (Å²) in [6, 6.07) is 0. The molecule has 0 amide bonds. The molecule has 4 nitrogen and oxygen atoms in total. The van der Waals surface area contributed by atoms with Gasteiger partial charge in [-0.2, -0.15) is 26.3 Å². The van der Waals surface area contributed by atoms with Crippen LogP contribution in [0.1, 0.15) is 46.0 Å². The van der Waals surface area contributed by atoms with Crippen LogP contribution in [0, 0.1) is 11.8 Å². The van der Waals surface area contributed by atoms with Gasteiger partial charge in [0, 0.05) is 0 Å². The number of hydrogen-bond donors (Lipinski definition) is 0. The lowest BCUT2D eigenvalue weighted by molar-refractivity contribution is -0.344. The van der Waals surface area contributed by atoms with E-state index < -0.39 is 55.6 Å². The Labute approximate surface area is 161 Å². The van der Waals surface area contributed by atoms with Gasteiger partial charge in [-0.15, -0.1) is 0 Å². The van der Waals surface area contributed by atoms with Crippen molar-refractivity contribution >= 4 is 11.9 Å². The van der Waals surface area contributed by atoms with Gasteiger partial charge in [0.1, 0.15) is 6.10 Å². The molecule has 0 spiro atoms. The van der Waals surface area contributed by atoms with E-state index in [0.717, 1.165) is 6.42 Å². The highest BCUT2D eigenvalue weighted by Gasteiger charge is 2.75. The molecule has 1 aliphatic rings. The Morgan fingerprint density at radius 1 is 0.897 bits per heavy atom. The number of rotatable bonds is 9. The van der Waals surface area contributed by atoms with Gasteiger partial charge in [-0.25, -0.2) is 8.78 Å². The monoisotopic (exact) mass is 442 g/mol. The SMILES string of the molecule is CC1CC(C)CC(OC(=O)CCC(=O)OCC(F)(F)C(F)(F)C(F)(F)C(F)F)C1.